The molecule has 0 saturated heterocycles. The van der Waals surface area contributed by atoms with Crippen molar-refractivity contribution in [1.82, 2.24) is 0 Å². The second-order valence-electron chi connectivity index (χ2n) is 9.60. The van der Waals surface area contributed by atoms with Gasteiger partial charge in [-0.15, -0.1) is 0 Å². The lowest BCUT2D eigenvalue weighted by atomic mass is 9.98. The zero-order valence-electron chi connectivity index (χ0n) is 20.7. The van der Waals surface area contributed by atoms with Crippen molar-refractivity contribution in [2.24, 2.45) is 0 Å². The molecule has 37 heavy (non-hydrogen) atoms. The molecule has 1 aliphatic heterocycles. The topological polar surface area (TPSA) is 49.2 Å². The van der Waals surface area contributed by atoms with Gasteiger partial charge in [-0.1, -0.05) is 30.7 Å². The number of para-hydroxylation sites is 2. The lowest BCUT2D eigenvalue weighted by Crippen LogP contribution is -2.95. The summed E-state index contributed by atoms with van der Waals surface area (Å²) in [6.07, 6.45) is 5.45. The second kappa shape index (κ2) is 10.5. The standard InChI is InChI=1S/C32H29NO4/c34-32(37-25-8-2-1-3-9-25)22-35-24-18-20-27(21-19-24)36-26-16-14-23(15-17-26)33-30-12-6-4-10-28(30)29-11-5-7-13-31(29)33/h4-7,10-21,25H,1-3,8-9,22H2/p+1. The normalized spacial score (nSPS) is 15.0. The van der Waals surface area contributed by atoms with E-state index in [1.165, 1.54) is 33.8 Å². The molecule has 0 radical (unpaired) electrons. The van der Waals surface area contributed by atoms with Crippen molar-refractivity contribution in [3.8, 4) is 28.4 Å². The molecule has 4 aromatic rings. The first-order valence-corrected chi connectivity index (χ1v) is 13.0. The summed E-state index contributed by atoms with van der Waals surface area (Å²) >= 11 is 0. The van der Waals surface area contributed by atoms with Gasteiger partial charge < -0.3 is 14.2 Å². The number of hydrogen-bond donors (Lipinski definition) is 1. The third kappa shape index (κ3) is 5.09. The number of nitrogens with one attached hydrogen (secondary N) is 1. The number of esters is 1. The van der Waals surface area contributed by atoms with Crippen LogP contribution in [0.5, 0.6) is 17.2 Å². The molecule has 2 aliphatic rings. The van der Waals surface area contributed by atoms with Gasteiger partial charge in [-0.2, -0.15) is 0 Å². The van der Waals surface area contributed by atoms with Crippen LogP contribution in [0.15, 0.2) is 97.1 Å². The summed E-state index contributed by atoms with van der Waals surface area (Å²) in [4.78, 5) is 13.3. The Hall–Kier alpha value is -4.09. The minimum atomic E-state index is -0.308. The van der Waals surface area contributed by atoms with E-state index in [1.807, 2.05) is 24.3 Å². The SMILES string of the molecule is O=C(COc1ccc(Oc2ccc([NH+]3c4ccccc4-c4ccccc43)cc2)cc1)OC1CCCCC1. The van der Waals surface area contributed by atoms with Crippen molar-refractivity contribution in [1.29, 1.82) is 0 Å². The quantitative estimate of drug-likeness (QED) is 0.251. The fourth-order valence-corrected chi connectivity index (χ4v) is 5.30. The van der Waals surface area contributed by atoms with Crippen LogP contribution in [0.1, 0.15) is 32.1 Å². The fraction of sp³-hybridized carbons (Fsp3) is 0.219. The molecule has 0 bridgehead atoms. The van der Waals surface area contributed by atoms with Crippen LogP contribution >= 0.6 is 0 Å². The monoisotopic (exact) mass is 492 g/mol. The van der Waals surface area contributed by atoms with Crippen LogP contribution in [0.2, 0.25) is 0 Å². The molecule has 0 aromatic heterocycles. The van der Waals surface area contributed by atoms with Crippen molar-refractivity contribution in [2.45, 2.75) is 38.2 Å². The van der Waals surface area contributed by atoms with E-state index >= 15 is 0 Å². The molecule has 0 spiro atoms. The smallest absolute Gasteiger partial charge is 0.344 e. The molecule has 5 nitrogen and oxygen atoms in total. The van der Waals surface area contributed by atoms with Gasteiger partial charge in [-0.3, -0.25) is 0 Å². The Morgan fingerprint density at radius 3 is 1.84 bits per heavy atom. The summed E-state index contributed by atoms with van der Waals surface area (Å²) < 4.78 is 17.2. The van der Waals surface area contributed by atoms with E-state index in [9.17, 15) is 4.79 Å². The van der Waals surface area contributed by atoms with Crippen molar-refractivity contribution < 1.29 is 23.9 Å². The van der Waals surface area contributed by atoms with Gasteiger partial charge in [0.25, 0.3) is 0 Å². The third-order valence-corrected chi connectivity index (χ3v) is 7.09. The van der Waals surface area contributed by atoms with Gasteiger partial charge in [0, 0.05) is 35.4 Å². The van der Waals surface area contributed by atoms with E-state index in [0.717, 1.165) is 37.1 Å². The van der Waals surface area contributed by atoms with Crippen LogP contribution in [-0.2, 0) is 9.53 Å². The van der Waals surface area contributed by atoms with Gasteiger partial charge in [0.05, 0.1) is 0 Å². The predicted octanol–water partition coefficient (Wildman–Crippen LogP) is 6.89. The summed E-state index contributed by atoms with van der Waals surface area (Å²) in [6.45, 7) is -0.0801. The number of quaternary nitrogens is 1. The molecule has 1 fully saturated rings. The Kier molecular flexibility index (Phi) is 6.61. The molecule has 0 unspecified atom stereocenters. The first kappa shape index (κ1) is 23.3. The Bertz CT molecular complexity index is 1330. The summed E-state index contributed by atoms with van der Waals surface area (Å²) in [7, 11) is 0. The van der Waals surface area contributed by atoms with Crippen LogP contribution in [0.25, 0.3) is 11.1 Å². The molecule has 6 rings (SSSR count). The van der Waals surface area contributed by atoms with E-state index in [0.29, 0.717) is 11.5 Å². The Morgan fingerprint density at radius 2 is 1.22 bits per heavy atom. The summed E-state index contributed by atoms with van der Waals surface area (Å²) in [5, 5.41) is 0. The zero-order chi connectivity index (χ0) is 25.0. The number of carbonyl (C=O) groups excluding carboxylic acids is 1. The number of benzene rings is 4. The maximum Gasteiger partial charge on any atom is 0.344 e. The van der Waals surface area contributed by atoms with Crippen LogP contribution in [0, 0.1) is 0 Å². The Balaban J connectivity index is 1.08. The number of ether oxygens (including phenoxy) is 3. The molecule has 1 saturated carbocycles. The van der Waals surface area contributed by atoms with Crippen LogP contribution in [0.3, 0.4) is 0 Å². The summed E-state index contributed by atoms with van der Waals surface area (Å²) in [5.74, 6) is 1.76. The van der Waals surface area contributed by atoms with Crippen molar-refractivity contribution in [3.05, 3.63) is 97.1 Å². The predicted molar refractivity (Wildman–Crippen MR) is 143 cm³/mol. The maximum absolute atomic E-state index is 12.1. The van der Waals surface area contributed by atoms with Crippen LogP contribution in [0.4, 0.5) is 17.1 Å². The van der Waals surface area contributed by atoms with E-state index in [4.69, 9.17) is 14.2 Å². The van der Waals surface area contributed by atoms with Crippen molar-refractivity contribution in [3.63, 3.8) is 0 Å². The zero-order valence-corrected chi connectivity index (χ0v) is 20.7. The molecule has 1 aliphatic carbocycles. The maximum atomic E-state index is 12.1. The molecule has 4 aromatic carbocycles. The Labute approximate surface area is 217 Å². The van der Waals surface area contributed by atoms with Crippen LogP contribution in [-0.4, -0.2) is 18.7 Å². The highest BCUT2D eigenvalue weighted by Crippen LogP contribution is 2.38. The molecular weight excluding hydrogens is 462 g/mol. The first-order valence-electron chi connectivity index (χ1n) is 13.0. The van der Waals surface area contributed by atoms with Crippen LogP contribution < -0.4 is 14.4 Å². The molecule has 186 valence electrons. The average molecular weight is 493 g/mol. The van der Waals surface area contributed by atoms with Gasteiger partial charge in [0.2, 0.25) is 0 Å². The Morgan fingerprint density at radius 1 is 0.676 bits per heavy atom. The molecule has 5 heteroatoms. The van der Waals surface area contributed by atoms with Crippen molar-refractivity contribution >= 4 is 23.0 Å². The highest BCUT2D eigenvalue weighted by atomic mass is 16.6. The van der Waals surface area contributed by atoms with Gasteiger partial charge >= 0.3 is 5.97 Å². The highest BCUT2D eigenvalue weighted by Gasteiger charge is 2.32. The highest BCUT2D eigenvalue weighted by molar-refractivity contribution is 5.86. The molecule has 0 atom stereocenters. The van der Waals surface area contributed by atoms with E-state index < -0.39 is 0 Å². The fourth-order valence-electron chi connectivity index (χ4n) is 5.30. The van der Waals surface area contributed by atoms with E-state index in [1.54, 1.807) is 12.1 Å². The largest absolute Gasteiger partial charge is 0.482 e. The minimum absolute atomic E-state index is 0.0450. The first-order chi connectivity index (χ1) is 18.2. The molecule has 1 heterocycles. The average Bonchev–Trinajstić information content (AvgIpc) is 3.28. The van der Waals surface area contributed by atoms with E-state index in [-0.39, 0.29) is 18.7 Å². The number of carbonyl (C=O) groups is 1. The number of rotatable bonds is 7. The molecular formula is C32H30NO4+. The van der Waals surface area contributed by atoms with Crippen molar-refractivity contribution in [2.75, 3.05) is 6.61 Å². The number of hydrogen-bond acceptors (Lipinski definition) is 4. The third-order valence-electron chi connectivity index (χ3n) is 7.09. The molecule has 0 amide bonds. The van der Waals surface area contributed by atoms with Gasteiger partial charge in [-0.25, -0.2) is 9.69 Å². The minimum Gasteiger partial charge on any atom is -0.482 e. The van der Waals surface area contributed by atoms with Gasteiger partial charge in [-0.05, 0) is 74.2 Å². The molecule has 1 N–H and O–H groups in total. The van der Waals surface area contributed by atoms with E-state index in [2.05, 4.69) is 60.7 Å². The second-order valence-corrected chi connectivity index (χ2v) is 9.60. The van der Waals surface area contributed by atoms with Gasteiger partial charge in [0.1, 0.15) is 40.4 Å². The van der Waals surface area contributed by atoms with Gasteiger partial charge in [0.15, 0.2) is 6.61 Å². The number of fused-ring (bicyclic) bond motifs is 3. The lowest BCUT2D eigenvalue weighted by molar-refractivity contribution is -0.677. The summed E-state index contributed by atoms with van der Waals surface area (Å²) in [6, 6.07) is 32.6. The summed E-state index contributed by atoms with van der Waals surface area (Å²) in [5.41, 5.74) is 6.23. The lowest BCUT2D eigenvalue weighted by Gasteiger charge is -2.21.